The Morgan fingerprint density at radius 1 is 1.41 bits per heavy atom. The van der Waals surface area contributed by atoms with Gasteiger partial charge in [-0.25, -0.2) is 4.79 Å². The van der Waals surface area contributed by atoms with E-state index in [9.17, 15) is 20.0 Å². The largest absolute Gasteiger partial charge is 0.447 e. The molecular formula is C10H10N2O5. The van der Waals surface area contributed by atoms with E-state index in [4.69, 9.17) is 4.74 Å². The number of carbonyl (C=O) groups is 1. The number of cyclic esters (lactones) is 1. The van der Waals surface area contributed by atoms with Gasteiger partial charge in [-0.1, -0.05) is 0 Å². The number of aliphatic hydroxyl groups excluding tert-OH is 1. The van der Waals surface area contributed by atoms with Crippen LogP contribution in [-0.2, 0) is 4.74 Å². The number of aliphatic hydroxyl groups is 1. The normalized spacial score (nSPS) is 16.8. The van der Waals surface area contributed by atoms with Crippen LogP contribution in [0.4, 0.5) is 10.5 Å². The van der Waals surface area contributed by atoms with Crippen molar-refractivity contribution < 1.29 is 19.6 Å². The van der Waals surface area contributed by atoms with Gasteiger partial charge in [0.05, 0.1) is 17.0 Å². The minimum atomic E-state index is -1.74. The summed E-state index contributed by atoms with van der Waals surface area (Å²) < 4.78 is 4.77. The van der Waals surface area contributed by atoms with Crippen LogP contribution in [0.2, 0.25) is 0 Å². The summed E-state index contributed by atoms with van der Waals surface area (Å²) >= 11 is 0. The number of ether oxygens (including phenoxy) is 1. The maximum atomic E-state index is 11.2. The summed E-state index contributed by atoms with van der Waals surface area (Å²) in [5.41, 5.74) is 0.762. The van der Waals surface area contributed by atoms with Crippen molar-refractivity contribution in [2.45, 2.75) is 6.23 Å². The van der Waals surface area contributed by atoms with E-state index < -0.39 is 17.2 Å². The quantitative estimate of drug-likeness (QED) is 0.480. The predicted molar refractivity (Wildman–Crippen MR) is 57.1 cm³/mol. The fraction of sp³-hybridized carbons (Fsp3) is 0.300. The summed E-state index contributed by atoms with van der Waals surface area (Å²) in [6.07, 6.45) is -2.18. The van der Waals surface area contributed by atoms with E-state index >= 15 is 0 Å². The molecule has 0 aromatic heterocycles. The van der Waals surface area contributed by atoms with Crippen LogP contribution in [0.3, 0.4) is 0 Å². The van der Waals surface area contributed by atoms with E-state index in [0.717, 1.165) is 0 Å². The number of carbonyl (C=O) groups excluding carboxylic acids is 1. The summed E-state index contributed by atoms with van der Waals surface area (Å²) in [5.74, 6) is 0. The van der Waals surface area contributed by atoms with Crippen LogP contribution >= 0.6 is 0 Å². The molecule has 7 nitrogen and oxygen atoms in total. The molecular weight excluding hydrogens is 228 g/mol. The fourth-order valence-electron chi connectivity index (χ4n) is 1.58. The second-order valence-electron chi connectivity index (χ2n) is 3.52. The van der Waals surface area contributed by atoms with Crippen molar-refractivity contribution in [2.24, 2.45) is 0 Å². The molecule has 1 aromatic carbocycles. The maximum Gasteiger partial charge on any atom is 0.414 e. The SMILES string of the molecule is O=C1OCCN1c1ccc(C(O)[N+](=O)[O-])cc1. The van der Waals surface area contributed by atoms with Gasteiger partial charge in [-0.3, -0.25) is 15.0 Å². The van der Waals surface area contributed by atoms with Gasteiger partial charge in [0.2, 0.25) is 0 Å². The van der Waals surface area contributed by atoms with Crippen LogP contribution in [0, 0.1) is 10.1 Å². The van der Waals surface area contributed by atoms with Crippen molar-refractivity contribution in [1.29, 1.82) is 0 Å². The summed E-state index contributed by atoms with van der Waals surface area (Å²) in [7, 11) is 0. The van der Waals surface area contributed by atoms with Crippen LogP contribution in [0.1, 0.15) is 11.8 Å². The molecule has 0 radical (unpaired) electrons. The van der Waals surface area contributed by atoms with Gasteiger partial charge in [-0.2, -0.15) is 0 Å². The molecule has 0 bridgehead atoms. The first kappa shape index (κ1) is 11.3. The predicted octanol–water partition coefficient (Wildman–Crippen LogP) is 0.911. The van der Waals surface area contributed by atoms with Crippen molar-refractivity contribution in [3.05, 3.63) is 39.9 Å². The molecule has 1 heterocycles. The number of hydrogen-bond donors (Lipinski definition) is 1. The van der Waals surface area contributed by atoms with Crippen molar-refractivity contribution in [1.82, 2.24) is 0 Å². The zero-order valence-electron chi connectivity index (χ0n) is 8.78. The summed E-state index contributed by atoms with van der Waals surface area (Å²) in [5, 5.41) is 19.6. The average Bonchev–Trinajstić information content (AvgIpc) is 2.74. The minimum Gasteiger partial charge on any atom is -0.447 e. The molecule has 7 heteroatoms. The highest BCUT2D eigenvalue weighted by atomic mass is 16.7. The number of nitro groups is 1. The molecule has 0 spiro atoms. The van der Waals surface area contributed by atoms with Gasteiger partial charge < -0.3 is 9.84 Å². The number of benzene rings is 1. The second kappa shape index (κ2) is 4.38. The zero-order valence-corrected chi connectivity index (χ0v) is 8.78. The Morgan fingerprint density at radius 3 is 2.53 bits per heavy atom. The highest BCUT2D eigenvalue weighted by molar-refractivity contribution is 5.89. The third-order valence-corrected chi connectivity index (χ3v) is 2.46. The number of amides is 1. The molecule has 1 amide bonds. The van der Waals surface area contributed by atoms with Crippen LogP contribution in [0.15, 0.2) is 24.3 Å². The van der Waals surface area contributed by atoms with Crippen molar-refractivity contribution in [3.8, 4) is 0 Å². The topological polar surface area (TPSA) is 92.9 Å². The monoisotopic (exact) mass is 238 g/mol. The van der Waals surface area contributed by atoms with Gasteiger partial charge in [0.25, 0.3) is 0 Å². The van der Waals surface area contributed by atoms with Crippen LogP contribution in [-0.4, -0.2) is 29.3 Å². The third-order valence-electron chi connectivity index (χ3n) is 2.46. The maximum absolute atomic E-state index is 11.2. The van der Waals surface area contributed by atoms with E-state index in [2.05, 4.69) is 0 Å². The van der Waals surface area contributed by atoms with E-state index in [1.165, 1.54) is 29.2 Å². The second-order valence-corrected chi connectivity index (χ2v) is 3.52. The lowest BCUT2D eigenvalue weighted by Gasteiger charge is -2.12. The first-order chi connectivity index (χ1) is 8.09. The lowest BCUT2D eigenvalue weighted by atomic mass is 10.2. The average molecular weight is 238 g/mol. The molecule has 2 rings (SSSR count). The van der Waals surface area contributed by atoms with E-state index in [1.807, 2.05) is 0 Å². The van der Waals surface area contributed by atoms with E-state index in [-0.39, 0.29) is 5.56 Å². The van der Waals surface area contributed by atoms with Crippen LogP contribution < -0.4 is 4.90 Å². The van der Waals surface area contributed by atoms with Gasteiger partial charge >= 0.3 is 12.3 Å². The number of nitrogens with zero attached hydrogens (tertiary/aromatic N) is 2. The standard InChI is InChI=1S/C10H10N2O5/c13-9(12(15)16)7-1-3-8(4-2-7)11-5-6-17-10(11)14/h1-4,9,13H,5-6H2. The smallest absolute Gasteiger partial charge is 0.414 e. The van der Waals surface area contributed by atoms with Gasteiger partial charge in [-0.15, -0.1) is 0 Å². The molecule has 0 saturated carbocycles. The van der Waals surface area contributed by atoms with Gasteiger partial charge in [0, 0.05) is 5.69 Å². The molecule has 90 valence electrons. The Morgan fingerprint density at radius 2 is 2.06 bits per heavy atom. The molecule has 17 heavy (non-hydrogen) atoms. The number of anilines is 1. The lowest BCUT2D eigenvalue weighted by molar-refractivity contribution is -0.578. The minimum absolute atomic E-state index is 0.173. The van der Waals surface area contributed by atoms with Crippen LogP contribution in [0.25, 0.3) is 0 Å². The Bertz CT molecular complexity index is 445. The molecule has 1 unspecified atom stereocenters. The van der Waals surface area contributed by atoms with Crippen molar-refractivity contribution >= 4 is 11.8 Å². The highest BCUT2D eigenvalue weighted by Crippen LogP contribution is 2.21. The first-order valence-corrected chi connectivity index (χ1v) is 4.95. The molecule has 1 atom stereocenters. The van der Waals surface area contributed by atoms with Gasteiger partial charge in [0.15, 0.2) is 0 Å². The van der Waals surface area contributed by atoms with Crippen LogP contribution in [0.5, 0.6) is 0 Å². The van der Waals surface area contributed by atoms with Gasteiger partial charge in [0.1, 0.15) is 6.61 Å². The highest BCUT2D eigenvalue weighted by Gasteiger charge is 2.24. The Hall–Kier alpha value is -2.15. The van der Waals surface area contributed by atoms with E-state index in [1.54, 1.807) is 0 Å². The Kier molecular flexibility index (Phi) is 2.92. The molecule has 1 aliphatic rings. The Balaban J connectivity index is 2.18. The summed E-state index contributed by atoms with van der Waals surface area (Å²) in [6.45, 7) is 0.786. The lowest BCUT2D eigenvalue weighted by Crippen LogP contribution is -2.23. The fourth-order valence-corrected chi connectivity index (χ4v) is 1.58. The molecule has 1 aliphatic heterocycles. The Labute approximate surface area is 96.4 Å². The van der Waals surface area contributed by atoms with Crippen molar-refractivity contribution in [2.75, 3.05) is 18.1 Å². The van der Waals surface area contributed by atoms with Crippen molar-refractivity contribution in [3.63, 3.8) is 0 Å². The first-order valence-electron chi connectivity index (χ1n) is 4.95. The molecule has 0 aliphatic carbocycles. The third kappa shape index (κ3) is 2.18. The van der Waals surface area contributed by atoms with Gasteiger partial charge in [-0.05, 0) is 24.3 Å². The number of rotatable bonds is 3. The molecule has 1 fully saturated rings. The molecule has 1 N–H and O–H groups in total. The summed E-state index contributed by atoms with van der Waals surface area (Å²) in [4.78, 5) is 22.2. The molecule has 1 saturated heterocycles. The summed E-state index contributed by atoms with van der Waals surface area (Å²) in [6, 6.07) is 5.89. The zero-order chi connectivity index (χ0) is 12.4. The van der Waals surface area contributed by atoms with E-state index in [0.29, 0.717) is 18.8 Å². The molecule has 1 aromatic rings. The number of hydrogen-bond acceptors (Lipinski definition) is 5.